The Bertz CT molecular complexity index is 388. The van der Waals surface area contributed by atoms with E-state index in [4.69, 9.17) is 9.47 Å². The second kappa shape index (κ2) is 3.88. The fourth-order valence-corrected chi connectivity index (χ4v) is 2.76. The van der Waals surface area contributed by atoms with Crippen molar-refractivity contribution < 1.29 is 24.5 Å². The molecule has 2 N–H and O–H groups in total. The summed E-state index contributed by atoms with van der Waals surface area (Å²) < 4.78 is 10.6. The van der Waals surface area contributed by atoms with Crippen LogP contribution in [0.15, 0.2) is 11.1 Å². The molecular formula is C12H16O5. The first-order valence-corrected chi connectivity index (χ1v) is 6.05. The lowest BCUT2D eigenvalue weighted by Crippen LogP contribution is -2.46. The van der Waals surface area contributed by atoms with Gasteiger partial charge in [-0.25, -0.2) is 0 Å². The van der Waals surface area contributed by atoms with Gasteiger partial charge in [0.05, 0.1) is 12.7 Å². The van der Waals surface area contributed by atoms with Gasteiger partial charge in [-0.3, -0.25) is 4.79 Å². The van der Waals surface area contributed by atoms with E-state index in [0.29, 0.717) is 17.6 Å². The van der Waals surface area contributed by atoms with E-state index < -0.39 is 24.4 Å². The predicted molar refractivity (Wildman–Crippen MR) is 57.4 cm³/mol. The molecule has 0 spiro atoms. The van der Waals surface area contributed by atoms with E-state index >= 15 is 0 Å². The van der Waals surface area contributed by atoms with Gasteiger partial charge in [0, 0.05) is 11.1 Å². The molecule has 1 fully saturated rings. The molecule has 5 heteroatoms. The third-order valence-electron chi connectivity index (χ3n) is 3.75. The first kappa shape index (κ1) is 11.3. The van der Waals surface area contributed by atoms with Crippen molar-refractivity contribution in [1.29, 1.82) is 0 Å². The van der Waals surface area contributed by atoms with Crippen LogP contribution in [0.5, 0.6) is 0 Å². The summed E-state index contributed by atoms with van der Waals surface area (Å²) >= 11 is 0. The summed E-state index contributed by atoms with van der Waals surface area (Å²) in [7, 11) is 0. The van der Waals surface area contributed by atoms with Crippen LogP contribution in [0.1, 0.15) is 19.8 Å². The van der Waals surface area contributed by atoms with E-state index in [1.807, 2.05) is 6.92 Å². The summed E-state index contributed by atoms with van der Waals surface area (Å²) in [5.41, 5.74) is 0.842. The average molecular weight is 240 g/mol. The third-order valence-corrected chi connectivity index (χ3v) is 3.75. The molecule has 5 atom stereocenters. The number of rotatable bonds is 2. The van der Waals surface area contributed by atoms with Gasteiger partial charge in [-0.15, -0.1) is 0 Å². The summed E-state index contributed by atoms with van der Waals surface area (Å²) in [6, 6.07) is 0. The number of carbonyl (C=O) groups excluding carboxylic acids is 1. The Morgan fingerprint density at radius 3 is 2.82 bits per heavy atom. The van der Waals surface area contributed by atoms with E-state index in [0.717, 1.165) is 6.42 Å². The minimum absolute atomic E-state index is 0.135. The second-order valence-corrected chi connectivity index (χ2v) is 4.85. The van der Waals surface area contributed by atoms with Crippen LogP contribution in [0.4, 0.5) is 0 Å². The van der Waals surface area contributed by atoms with Gasteiger partial charge in [-0.05, 0) is 6.42 Å². The van der Waals surface area contributed by atoms with Crippen LogP contribution in [-0.4, -0.2) is 53.1 Å². The molecule has 3 aliphatic rings. The van der Waals surface area contributed by atoms with Crippen molar-refractivity contribution in [3.05, 3.63) is 11.1 Å². The first-order chi connectivity index (χ1) is 8.15. The maximum absolute atomic E-state index is 11.9. The van der Waals surface area contributed by atoms with E-state index in [9.17, 15) is 15.0 Å². The fraction of sp³-hybridized carbons (Fsp3) is 0.750. The molecule has 3 rings (SSSR count). The molecule has 0 amide bonds. The lowest BCUT2D eigenvalue weighted by molar-refractivity contribution is -0.120. The SMILES string of the molecule is CCC[C@H]1OCC2=C([C@H](O)[C@H]3O[C@H]3C2=O)[C@@H]1O. The van der Waals surface area contributed by atoms with E-state index in [-0.39, 0.29) is 18.5 Å². The van der Waals surface area contributed by atoms with Crippen molar-refractivity contribution in [1.82, 2.24) is 0 Å². The standard InChI is InChI=1S/C12H16O5/c1-2-3-6-9(14)7-5(4-16-6)8(13)11-12(17-11)10(7)15/h6,9-12,14-15H,2-4H2,1H3/t6-,9-,10+,11+,12-/m1/s1. The second-order valence-electron chi connectivity index (χ2n) is 4.85. The minimum atomic E-state index is -0.886. The smallest absolute Gasteiger partial charge is 0.192 e. The predicted octanol–water partition coefficient (Wildman–Crippen LogP) is -0.446. The Kier molecular flexibility index (Phi) is 2.59. The Hall–Kier alpha value is -0.750. The Morgan fingerprint density at radius 1 is 1.35 bits per heavy atom. The lowest BCUT2D eigenvalue weighted by Gasteiger charge is -2.35. The van der Waals surface area contributed by atoms with Crippen molar-refractivity contribution in [2.45, 2.75) is 50.3 Å². The molecule has 0 radical (unpaired) electrons. The van der Waals surface area contributed by atoms with Crippen molar-refractivity contribution in [3.63, 3.8) is 0 Å². The van der Waals surface area contributed by atoms with Crippen LogP contribution >= 0.6 is 0 Å². The van der Waals surface area contributed by atoms with Gasteiger partial charge in [0.15, 0.2) is 5.78 Å². The van der Waals surface area contributed by atoms with Gasteiger partial charge in [0.2, 0.25) is 0 Å². The summed E-state index contributed by atoms with van der Waals surface area (Å²) in [5, 5.41) is 20.2. The highest BCUT2D eigenvalue weighted by Crippen LogP contribution is 2.41. The maximum atomic E-state index is 11.9. The highest BCUT2D eigenvalue weighted by atomic mass is 16.6. The van der Waals surface area contributed by atoms with Crippen LogP contribution in [0, 0.1) is 0 Å². The molecule has 2 heterocycles. The minimum Gasteiger partial charge on any atom is -0.386 e. The average Bonchev–Trinajstić information content (AvgIpc) is 3.09. The summed E-state index contributed by atoms with van der Waals surface area (Å²) in [6.07, 6.45) is -1.42. The number of ether oxygens (including phenoxy) is 2. The van der Waals surface area contributed by atoms with Crippen LogP contribution in [-0.2, 0) is 14.3 Å². The third kappa shape index (κ3) is 1.57. The molecule has 1 saturated heterocycles. The fourth-order valence-electron chi connectivity index (χ4n) is 2.76. The van der Waals surface area contributed by atoms with E-state index in [1.165, 1.54) is 0 Å². The van der Waals surface area contributed by atoms with Crippen molar-refractivity contribution in [2.24, 2.45) is 0 Å². The zero-order valence-corrected chi connectivity index (χ0v) is 9.63. The number of hydrogen-bond donors (Lipinski definition) is 2. The molecule has 1 aliphatic carbocycles. The number of fused-ring (bicyclic) bond motifs is 1. The van der Waals surface area contributed by atoms with Gasteiger partial charge >= 0.3 is 0 Å². The summed E-state index contributed by atoms with van der Waals surface area (Å²) in [6.45, 7) is 2.18. The van der Waals surface area contributed by atoms with Crippen molar-refractivity contribution >= 4 is 5.78 Å². The highest BCUT2D eigenvalue weighted by molar-refractivity contribution is 6.03. The van der Waals surface area contributed by atoms with E-state index in [2.05, 4.69) is 0 Å². The number of Topliss-reactive ketones (excluding diaryl/α,β-unsaturated/α-hetero) is 1. The van der Waals surface area contributed by atoms with Crippen LogP contribution < -0.4 is 0 Å². The normalized spacial score (nSPS) is 44.4. The molecule has 0 saturated carbocycles. The van der Waals surface area contributed by atoms with Gasteiger partial charge < -0.3 is 19.7 Å². The van der Waals surface area contributed by atoms with Gasteiger partial charge in [0.25, 0.3) is 0 Å². The number of aliphatic hydroxyl groups excluding tert-OH is 2. The molecule has 5 nitrogen and oxygen atoms in total. The maximum Gasteiger partial charge on any atom is 0.192 e. The summed E-state index contributed by atoms with van der Waals surface area (Å²) in [4.78, 5) is 11.9. The Labute approximate surface area is 99.0 Å². The molecule has 17 heavy (non-hydrogen) atoms. The number of carbonyl (C=O) groups is 1. The molecule has 94 valence electrons. The number of ketones is 1. The zero-order valence-electron chi connectivity index (χ0n) is 9.63. The molecular weight excluding hydrogens is 224 g/mol. The number of aliphatic hydroxyl groups is 2. The van der Waals surface area contributed by atoms with Crippen LogP contribution in [0.2, 0.25) is 0 Å². The molecule has 0 aromatic carbocycles. The van der Waals surface area contributed by atoms with Crippen molar-refractivity contribution in [3.8, 4) is 0 Å². The largest absolute Gasteiger partial charge is 0.386 e. The van der Waals surface area contributed by atoms with E-state index in [1.54, 1.807) is 0 Å². The quantitative estimate of drug-likeness (QED) is 0.639. The van der Waals surface area contributed by atoms with Crippen molar-refractivity contribution in [2.75, 3.05) is 6.61 Å². The summed E-state index contributed by atoms with van der Waals surface area (Å²) in [5.74, 6) is -0.135. The molecule has 0 unspecified atom stereocenters. The van der Waals surface area contributed by atoms with Gasteiger partial charge in [-0.1, -0.05) is 13.3 Å². The number of epoxide rings is 1. The molecule has 0 aromatic heterocycles. The highest BCUT2D eigenvalue weighted by Gasteiger charge is 2.58. The lowest BCUT2D eigenvalue weighted by atomic mass is 9.82. The first-order valence-electron chi connectivity index (χ1n) is 6.05. The number of hydrogen-bond acceptors (Lipinski definition) is 5. The van der Waals surface area contributed by atoms with Gasteiger partial charge in [0.1, 0.15) is 24.4 Å². The Balaban J connectivity index is 1.92. The molecule has 0 bridgehead atoms. The van der Waals surface area contributed by atoms with Crippen LogP contribution in [0.25, 0.3) is 0 Å². The Morgan fingerprint density at radius 2 is 2.12 bits per heavy atom. The topological polar surface area (TPSA) is 79.3 Å². The monoisotopic (exact) mass is 240 g/mol. The molecule has 0 aromatic rings. The zero-order chi connectivity index (χ0) is 12.2. The molecule has 2 aliphatic heterocycles. The van der Waals surface area contributed by atoms with Gasteiger partial charge in [-0.2, -0.15) is 0 Å². The van der Waals surface area contributed by atoms with Crippen LogP contribution in [0.3, 0.4) is 0 Å².